The smallest absolute Gasteiger partial charge is 0.251 e. The minimum atomic E-state index is -3.36. The van der Waals surface area contributed by atoms with Gasteiger partial charge in [-0.15, -0.1) is 11.3 Å². The van der Waals surface area contributed by atoms with Gasteiger partial charge in [0, 0.05) is 31.6 Å². The molecule has 1 amide bonds. The Kier molecular flexibility index (Phi) is 5.58. The number of anilines is 2. The number of hydrogen-bond acceptors (Lipinski definition) is 7. The van der Waals surface area contributed by atoms with Gasteiger partial charge < -0.3 is 0 Å². The molecule has 0 saturated carbocycles. The molecule has 1 aromatic heterocycles. The standard InChI is InChI=1S/C18H21N5O3S2/c1-21(17(24)16-8-5-9-23(16)12-19)18-20-15(11-27-18)13-6-4-7-14(10-13)22(2)28(3,25)26/h4,6-7,10-11,16H,5,8-9H2,1-3H3/t16-/m0/s1. The first-order chi connectivity index (χ1) is 13.2. The summed E-state index contributed by atoms with van der Waals surface area (Å²) in [6.45, 7) is 0.602. The van der Waals surface area contributed by atoms with Crippen molar-refractivity contribution < 1.29 is 13.2 Å². The number of likely N-dealkylation sites (N-methyl/N-ethyl adjacent to an activating group) is 1. The van der Waals surface area contributed by atoms with Gasteiger partial charge in [-0.05, 0) is 25.0 Å². The number of sulfonamides is 1. The van der Waals surface area contributed by atoms with Gasteiger partial charge in [-0.2, -0.15) is 5.26 Å². The van der Waals surface area contributed by atoms with E-state index in [-0.39, 0.29) is 5.91 Å². The average Bonchev–Trinajstić information content (AvgIpc) is 3.34. The Bertz CT molecular complexity index is 1030. The zero-order valence-corrected chi connectivity index (χ0v) is 17.5. The molecule has 1 atom stereocenters. The SMILES string of the molecule is CN(C(=O)[C@@H]1CCCN1C#N)c1nc(-c2cccc(N(C)S(C)(=O)=O)c2)cs1. The van der Waals surface area contributed by atoms with Gasteiger partial charge in [0.25, 0.3) is 5.91 Å². The molecule has 1 saturated heterocycles. The lowest BCUT2D eigenvalue weighted by Crippen LogP contribution is -2.42. The van der Waals surface area contributed by atoms with E-state index in [1.807, 2.05) is 11.4 Å². The van der Waals surface area contributed by atoms with Gasteiger partial charge in [0.05, 0.1) is 17.6 Å². The lowest BCUT2D eigenvalue weighted by molar-refractivity contribution is -0.121. The molecule has 0 unspecified atom stereocenters. The summed E-state index contributed by atoms with van der Waals surface area (Å²) in [7, 11) is -0.205. The molecule has 1 aliphatic rings. The number of rotatable bonds is 5. The number of thiazole rings is 1. The van der Waals surface area contributed by atoms with Crippen molar-refractivity contribution in [1.82, 2.24) is 9.88 Å². The van der Waals surface area contributed by atoms with Crippen LogP contribution >= 0.6 is 11.3 Å². The third kappa shape index (κ3) is 3.95. The van der Waals surface area contributed by atoms with Gasteiger partial charge in [0.1, 0.15) is 6.04 Å². The molecule has 1 aliphatic heterocycles. The van der Waals surface area contributed by atoms with Crippen molar-refractivity contribution in [3.63, 3.8) is 0 Å². The summed E-state index contributed by atoms with van der Waals surface area (Å²) in [5.41, 5.74) is 1.96. The molecule has 1 aromatic carbocycles. The molecule has 8 nitrogen and oxygen atoms in total. The highest BCUT2D eigenvalue weighted by molar-refractivity contribution is 7.92. The fourth-order valence-corrected chi connectivity index (χ4v) is 4.37. The predicted molar refractivity (Wildman–Crippen MR) is 110 cm³/mol. The summed E-state index contributed by atoms with van der Waals surface area (Å²) in [6.07, 6.45) is 4.71. The van der Waals surface area contributed by atoms with E-state index >= 15 is 0 Å². The molecule has 2 aromatic rings. The first kappa shape index (κ1) is 20.1. The highest BCUT2D eigenvalue weighted by Gasteiger charge is 2.33. The molecular weight excluding hydrogens is 398 g/mol. The Balaban J connectivity index is 1.83. The Morgan fingerprint density at radius 3 is 2.82 bits per heavy atom. The van der Waals surface area contributed by atoms with Crippen LogP contribution in [-0.2, 0) is 14.8 Å². The van der Waals surface area contributed by atoms with E-state index in [2.05, 4.69) is 11.2 Å². The molecule has 148 valence electrons. The van der Waals surface area contributed by atoms with Crippen LogP contribution < -0.4 is 9.21 Å². The molecule has 28 heavy (non-hydrogen) atoms. The summed E-state index contributed by atoms with van der Waals surface area (Å²) in [6, 6.07) is 6.63. The third-order valence-corrected chi connectivity index (χ3v) is 6.90. The zero-order chi connectivity index (χ0) is 20.5. The molecule has 10 heteroatoms. The fourth-order valence-electron chi connectivity index (χ4n) is 3.06. The molecule has 3 rings (SSSR count). The van der Waals surface area contributed by atoms with E-state index in [0.29, 0.717) is 29.5 Å². The highest BCUT2D eigenvalue weighted by atomic mass is 32.2. The van der Waals surface area contributed by atoms with Crippen LogP contribution in [0.4, 0.5) is 10.8 Å². The largest absolute Gasteiger partial charge is 0.298 e. The Hall–Kier alpha value is -2.64. The van der Waals surface area contributed by atoms with Crippen molar-refractivity contribution in [2.75, 3.05) is 36.1 Å². The number of aromatic nitrogens is 1. The van der Waals surface area contributed by atoms with Crippen LogP contribution in [0.2, 0.25) is 0 Å². The molecule has 1 fully saturated rings. The van der Waals surface area contributed by atoms with Crippen LogP contribution in [0.25, 0.3) is 11.3 Å². The average molecular weight is 420 g/mol. The number of likely N-dealkylation sites (tertiary alicyclic amines) is 1. The van der Waals surface area contributed by atoms with E-state index < -0.39 is 16.1 Å². The molecule has 0 spiro atoms. The first-order valence-corrected chi connectivity index (χ1v) is 11.4. The quantitative estimate of drug-likeness (QED) is 0.689. The number of hydrogen-bond donors (Lipinski definition) is 0. The zero-order valence-electron chi connectivity index (χ0n) is 15.9. The van der Waals surface area contributed by atoms with Gasteiger partial charge in [0.2, 0.25) is 10.0 Å². The summed E-state index contributed by atoms with van der Waals surface area (Å²) >= 11 is 1.33. The number of carbonyl (C=O) groups excluding carboxylic acids is 1. The number of nitriles is 1. The molecular formula is C18H21N5O3S2. The number of amides is 1. The lowest BCUT2D eigenvalue weighted by atomic mass is 10.1. The second kappa shape index (κ2) is 7.77. The van der Waals surface area contributed by atoms with Crippen LogP contribution in [0.1, 0.15) is 12.8 Å². The minimum Gasteiger partial charge on any atom is -0.298 e. The summed E-state index contributed by atoms with van der Waals surface area (Å²) in [4.78, 5) is 20.3. The van der Waals surface area contributed by atoms with Gasteiger partial charge in [-0.25, -0.2) is 13.4 Å². The van der Waals surface area contributed by atoms with Crippen LogP contribution in [0.3, 0.4) is 0 Å². The van der Waals surface area contributed by atoms with Crippen LogP contribution in [0.5, 0.6) is 0 Å². The monoisotopic (exact) mass is 419 g/mol. The minimum absolute atomic E-state index is 0.148. The number of benzene rings is 1. The molecule has 0 N–H and O–H groups in total. The van der Waals surface area contributed by atoms with Crippen molar-refractivity contribution in [3.8, 4) is 17.5 Å². The summed E-state index contributed by atoms with van der Waals surface area (Å²) in [5, 5.41) is 11.5. The summed E-state index contributed by atoms with van der Waals surface area (Å²) in [5.74, 6) is -0.148. The van der Waals surface area contributed by atoms with Crippen molar-refractivity contribution in [2.45, 2.75) is 18.9 Å². The van der Waals surface area contributed by atoms with Crippen molar-refractivity contribution in [1.29, 1.82) is 5.26 Å². The van der Waals surface area contributed by atoms with E-state index in [4.69, 9.17) is 5.26 Å². The number of carbonyl (C=O) groups is 1. The second-order valence-corrected chi connectivity index (χ2v) is 9.50. The van der Waals surface area contributed by atoms with E-state index in [1.165, 1.54) is 32.5 Å². The topological polar surface area (TPSA) is 97.6 Å². The Morgan fingerprint density at radius 1 is 1.39 bits per heavy atom. The van der Waals surface area contributed by atoms with E-state index in [9.17, 15) is 13.2 Å². The van der Waals surface area contributed by atoms with Gasteiger partial charge in [-0.1, -0.05) is 12.1 Å². The lowest BCUT2D eigenvalue weighted by Gasteiger charge is -2.22. The normalized spacial score (nSPS) is 16.6. The Morgan fingerprint density at radius 2 is 2.14 bits per heavy atom. The molecule has 0 radical (unpaired) electrons. The van der Waals surface area contributed by atoms with Gasteiger partial charge in [-0.3, -0.25) is 18.9 Å². The Labute approximate surface area is 168 Å². The fraction of sp³-hybridized carbons (Fsp3) is 0.389. The maximum atomic E-state index is 12.7. The van der Waals surface area contributed by atoms with Crippen LogP contribution in [-0.4, -0.2) is 57.1 Å². The van der Waals surface area contributed by atoms with Crippen molar-refractivity contribution in [2.24, 2.45) is 0 Å². The van der Waals surface area contributed by atoms with E-state index in [1.54, 1.807) is 25.2 Å². The summed E-state index contributed by atoms with van der Waals surface area (Å²) < 4.78 is 24.7. The van der Waals surface area contributed by atoms with Crippen molar-refractivity contribution in [3.05, 3.63) is 29.6 Å². The molecule has 2 heterocycles. The van der Waals surface area contributed by atoms with Crippen LogP contribution in [0, 0.1) is 11.5 Å². The predicted octanol–water partition coefficient (Wildman–Crippen LogP) is 2.11. The molecule has 0 bridgehead atoms. The van der Waals surface area contributed by atoms with E-state index in [0.717, 1.165) is 18.2 Å². The third-order valence-electron chi connectivity index (χ3n) is 4.78. The highest BCUT2D eigenvalue weighted by Crippen LogP contribution is 2.30. The van der Waals surface area contributed by atoms with Crippen molar-refractivity contribution >= 4 is 38.1 Å². The number of nitrogens with zero attached hydrogens (tertiary/aromatic N) is 5. The first-order valence-electron chi connectivity index (χ1n) is 8.66. The molecule has 0 aliphatic carbocycles. The van der Waals surface area contributed by atoms with Crippen LogP contribution in [0.15, 0.2) is 29.6 Å². The second-order valence-electron chi connectivity index (χ2n) is 6.64. The van der Waals surface area contributed by atoms with Gasteiger partial charge >= 0.3 is 0 Å². The van der Waals surface area contributed by atoms with Gasteiger partial charge in [0.15, 0.2) is 11.3 Å². The maximum absolute atomic E-state index is 12.7. The maximum Gasteiger partial charge on any atom is 0.251 e.